The number of nitrogens with two attached hydrogens (primary N) is 1. The van der Waals surface area contributed by atoms with E-state index in [1.165, 1.54) is 12.3 Å². The van der Waals surface area contributed by atoms with Gasteiger partial charge in [-0.25, -0.2) is 4.98 Å². The molecule has 1 atom stereocenters. The summed E-state index contributed by atoms with van der Waals surface area (Å²) in [5, 5.41) is 13.0. The largest absolute Gasteiger partial charge is 0.491 e. The summed E-state index contributed by atoms with van der Waals surface area (Å²) in [4.78, 5) is 15.0. The van der Waals surface area contributed by atoms with Crippen molar-refractivity contribution in [1.82, 2.24) is 4.98 Å². The van der Waals surface area contributed by atoms with Crippen LogP contribution in [0.4, 0.5) is 5.82 Å². The van der Waals surface area contributed by atoms with Crippen molar-refractivity contribution in [3.8, 4) is 5.75 Å². The molecule has 116 valence electrons. The molecular formula is C15H16ClN3O3. The summed E-state index contributed by atoms with van der Waals surface area (Å²) < 4.78 is 5.43. The number of aromatic nitrogens is 1. The maximum atomic E-state index is 11.0. The van der Waals surface area contributed by atoms with E-state index in [9.17, 15) is 9.90 Å². The molecule has 1 amide bonds. The number of anilines is 1. The van der Waals surface area contributed by atoms with Crippen LogP contribution in [0.2, 0.25) is 5.02 Å². The second-order valence-electron chi connectivity index (χ2n) is 4.58. The minimum atomic E-state index is -0.742. The van der Waals surface area contributed by atoms with Gasteiger partial charge >= 0.3 is 0 Å². The SMILES string of the molecule is NC(=O)c1cnc(NC[C@@H](O)COc2ccccc2)c(Cl)c1. The van der Waals surface area contributed by atoms with Crippen LogP contribution in [0.5, 0.6) is 5.75 Å². The number of hydrogen-bond acceptors (Lipinski definition) is 5. The molecule has 0 bridgehead atoms. The average molecular weight is 322 g/mol. The highest BCUT2D eigenvalue weighted by Gasteiger charge is 2.10. The van der Waals surface area contributed by atoms with Gasteiger partial charge in [0.15, 0.2) is 0 Å². The van der Waals surface area contributed by atoms with E-state index in [1.807, 2.05) is 18.2 Å². The van der Waals surface area contributed by atoms with Gasteiger partial charge in [-0.2, -0.15) is 0 Å². The first-order valence-corrected chi connectivity index (χ1v) is 6.99. The van der Waals surface area contributed by atoms with E-state index in [0.29, 0.717) is 11.6 Å². The number of benzene rings is 1. The molecule has 0 unspecified atom stereocenters. The van der Waals surface area contributed by atoms with E-state index in [1.54, 1.807) is 12.1 Å². The van der Waals surface area contributed by atoms with Crippen molar-refractivity contribution in [2.24, 2.45) is 5.73 Å². The first-order valence-electron chi connectivity index (χ1n) is 6.61. The summed E-state index contributed by atoms with van der Waals surface area (Å²) in [6.45, 7) is 0.337. The molecule has 0 radical (unpaired) electrons. The van der Waals surface area contributed by atoms with Crippen molar-refractivity contribution < 1.29 is 14.6 Å². The monoisotopic (exact) mass is 321 g/mol. The van der Waals surface area contributed by atoms with E-state index in [-0.39, 0.29) is 23.7 Å². The van der Waals surface area contributed by atoms with Crippen LogP contribution in [-0.2, 0) is 0 Å². The zero-order chi connectivity index (χ0) is 15.9. The van der Waals surface area contributed by atoms with Crippen LogP contribution in [0.25, 0.3) is 0 Å². The van der Waals surface area contributed by atoms with Gasteiger partial charge in [0.25, 0.3) is 0 Å². The Morgan fingerprint density at radius 1 is 1.41 bits per heavy atom. The fourth-order valence-corrected chi connectivity index (χ4v) is 1.92. The summed E-state index contributed by atoms with van der Waals surface area (Å²) >= 11 is 5.98. The van der Waals surface area contributed by atoms with Gasteiger partial charge in [0, 0.05) is 12.7 Å². The average Bonchev–Trinajstić information content (AvgIpc) is 2.52. The van der Waals surface area contributed by atoms with Crippen LogP contribution >= 0.6 is 11.6 Å². The number of carbonyl (C=O) groups excluding carboxylic acids is 1. The zero-order valence-electron chi connectivity index (χ0n) is 11.7. The summed E-state index contributed by atoms with van der Waals surface area (Å²) in [6, 6.07) is 10.6. The standard InChI is InChI=1S/C15H16ClN3O3/c16-13-6-10(14(17)21)7-18-15(13)19-8-11(20)9-22-12-4-2-1-3-5-12/h1-7,11,20H,8-9H2,(H2,17,21)(H,18,19)/t11-/m1/s1. The predicted molar refractivity (Wildman–Crippen MR) is 84.2 cm³/mol. The maximum absolute atomic E-state index is 11.0. The molecule has 2 aromatic rings. The molecule has 7 heteroatoms. The second kappa shape index (κ2) is 7.63. The van der Waals surface area contributed by atoms with Gasteiger partial charge in [0.2, 0.25) is 5.91 Å². The Morgan fingerprint density at radius 3 is 2.77 bits per heavy atom. The number of primary amides is 1. The predicted octanol–water partition coefficient (Wildman–Crippen LogP) is 1.69. The smallest absolute Gasteiger partial charge is 0.250 e. The van der Waals surface area contributed by atoms with E-state index in [4.69, 9.17) is 22.1 Å². The number of halogens is 1. The van der Waals surface area contributed by atoms with E-state index in [2.05, 4.69) is 10.3 Å². The Bertz CT molecular complexity index is 637. The first-order chi connectivity index (χ1) is 10.6. The number of pyridine rings is 1. The molecule has 1 heterocycles. The number of nitrogens with zero attached hydrogens (tertiary/aromatic N) is 1. The number of carbonyl (C=O) groups is 1. The molecule has 2 rings (SSSR count). The van der Waals surface area contributed by atoms with Crippen LogP contribution in [0.15, 0.2) is 42.6 Å². The Morgan fingerprint density at radius 2 is 2.14 bits per heavy atom. The molecule has 1 aromatic carbocycles. The van der Waals surface area contributed by atoms with Crippen LogP contribution in [-0.4, -0.2) is 35.3 Å². The first kappa shape index (κ1) is 16.1. The minimum absolute atomic E-state index is 0.133. The third-order valence-corrected chi connectivity index (χ3v) is 3.10. The van der Waals surface area contributed by atoms with Crippen molar-refractivity contribution in [2.45, 2.75) is 6.10 Å². The third kappa shape index (κ3) is 4.61. The summed E-state index contributed by atoms with van der Waals surface area (Å²) in [5.41, 5.74) is 5.36. The normalized spacial score (nSPS) is 11.7. The van der Waals surface area contributed by atoms with Crippen LogP contribution in [0.1, 0.15) is 10.4 Å². The Kier molecular flexibility index (Phi) is 5.57. The number of amides is 1. The molecule has 0 saturated heterocycles. The molecule has 0 aliphatic rings. The van der Waals surface area contributed by atoms with E-state index in [0.717, 1.165) is 0 Å². The molecule has 6 nitrogen and oxygen atoms in total. The molecule has 0 aliphatic carbocycles. The lowest BCUT2D eigenvalue weighted by molar-refractivity contribution is 0.1000. The molecule has 0 aliphatic heterocycles. The van der Waals surface area contributed by atoms with Crippen LogP contribution in [0.3, 0.4) is 0 Å². The van der Waals surface area contributed by atoms with E-state index < -0.39 is 12.0 Å². The highest BCUT2D eigenvalue weighted by Crippen LogP contribution is 2.19. The number of hydrogen-bond donors (Lipinski definition) is 3. The topological polar surface area (TPSA) is 97.5 Å². The Hall–Kier alpha value is -2.31. The minimum Gasteiger partial charge on any atom is -0.491 e. The Balaban J connectivity index is 1.83. The van der Waals surface area contributed by atoms with Gasteiger partial charge in [0.1, 0.15) is 24.3 Å². The lowest BCUT2D eigenvalue weighted by Crippen LogP contribution is -2.26. The highest BCUT2D eigenvalue weighted by molar-refractivity contribution is 6.33. The Labute approximate surface area is 132 Å². The van der Waals surface area contributed by atoms with Gasteiger partial charge in [-0.15, -0.1) is 0 Å². The van der Waals surface area contributed by atoms with Crippen molar-refractivity contribution >= 4 is 23.3 Å². The van der Waals surface area contributed by atoms with Gasteiger partial charge in [0.05, 0.1) is 10.6 Å². The lowest BCUT2D eigenvalue weighted by Gasteiger charge is -2.14. The number of rotatable bonds is 7. The molecule has 0 fully saturated rings. The number of para-hydroxylation sites is 1. The number of nitrogens with one attached hydrogen (secondary N) is 1. The molecule has 4 N–H and O–H groups in total. The fraction of sp³-hybridized carbons (Fsp3) is 0.200. The van der Waals surface area contributed by atoms with Gasteiger partial charge < -0.3 is 20.9 Å². The highest BCUT2D eigenvalue weighted by atomic mass is 35.5. The second-order valence-corrected chi connectivity index (χ2v) is 4.98. The summed E-state index contributed by atoms with van der Waals surface area (Å²) in [7, 11) is 0. The van der Waals surface area contributed by atoms with Gasteiger partial charge in [-0.1, -0.05) is 29.8 Å². The quantitative estimate of drug-likeness (QED) is 0.721. The van der Waals surface area contributed by atoms with Crippen molar-refractivity contribution in [3.63, 3.8) is 0 Å². The number of aliphatic hydroxyl groups is 1. The molecular weight excluding hydrogens is 306 g/mol. The van der Waals surface area contributed by atoms with Gasteiger partial charge in [-0.3, -0.25) is 4.79 Å². The van der Waals surface area contributed by atoms with Crippen molar-refractivity contribution in [2.75, 3.05) is 18.5 Å². The van der Waals surface area contributed by atoms with Crippen LogP contribution in [0, 0.1) is 0 Å². The third-order valence-electron chi connectivity index (χ3n) is 2.82. The zero-order valence-corrected chi connectivity index (χ0v) is 12.5. The van der Waals surface area contributed by atoms with Crippen molar-refractivity contribution in [3.05, 3.63) is 53.2 Å². The van der Waals surface area contributed by atoms with Crippen LogP contribution < -0.4 is 15.8 Å². The lowest BCUT2D eigenvalue weighted by atomic mass is 10.2. The summed E-state index contributed by atoms with van der Waals surface area (Å²) in [6.07, 6.45) is 0.581. The summed E-state index contributed by atoms with van der Waals surface area (Å²) in [5.74, 6) is 0.450. The number of ether oxygens (including phenoxy) is 1. The van der Waals surface area contributed by atoms with Gasteiger partial charge in [-0.05, 0) is 18.2 Å². The molecule has 22 heavy (non-hydrogen) atoms. The number of aliphatic hydroxyl groups excluding tert-OH is 1. The fourth-order valence-electron chi connectivity index (χ4n) is 1.69. The molecule has 0 spiro atoms. The molecule has 1 aromatic heterocycles. The van der Waals surface area contributed by atoms with Crippen molar-refractivity contribution in [1.29, 1.82) is 0 Å². The van der Waals surface area contributed by atoms with E-state index >= 15 is 0 Å². The maximum Gasteiger partial charge on any atom is 0.250 e. The molecule has 0 saturated carbocycles.